The summed E-state index contributed by atoms with van der Waals surface area (Å²) in [6.45, 7) is 2.42. The standard InChI is InChI=1S/C24H30N2O4/c1-29-22-7-3-17(15-23(22)30-2)9-14-26-24(28)8-6-21(27)20-5-4-18-10-12-25-13-11-19(18)16-20/h3-5,7,15-16,25H,6,8-14H2,1-2H3,(H,26,28). The Morgan fingerprint density at radius 3 is 2.47 bits per heavy atom. The number of carbonyl (C=O) groups is 2. The fraction of sp³-hybridized carbons (Fsp3) is 0.417. The maximum atomic E-state index is 12.5. The molecule has 1 heterocycles. The van der Waals surface area contributed by atoms with Gasteiger partial charge in [-0.2, -0.15) is 0 Å². The molecule has 0 atom stereocenters. The number of benzene rings is 2. The molecular weight excluding hydrogens is 380 g/mol. The minimum Gasteiger partial charge on any atom is -0.493 e. The van der Waals surface area contributed by atoms with E-state index >= 15 is 0 Å². The molecule has 6 nitrogen and oxygen atoms in total. The van der Waals surface area contributed by atoms with Crippen molar-refractivity contribution in [1.82, 2.24) is 10.6 Å². The van der Waals surface area contributed by atoms with E-state index in [4.69, 9.17) is 9.47 Å². The Kier molecular flexibility index (Phi) is 7.85. The van der Waals surface area contributed by atoms with Crippen LogP contribution >= 0.6 is 0 Å². The molecule has 0 radical (unpaired) electrons. The smallest absolute Gasteiger partial charge is 0.220 e. The normalized spacial score (nSPS) is 13.1. The van der Waals surface area contributed by atoms with E-state index in [1.54, 1.807) is 14.2 Å². The number of methoxy groups -OCH3 is 2. The third-order valence-corrected chi connectivity index (χ3v) is 5.43. The van der Waals surface area contributed by atoms with Crippen molar-refractivity contribution >= 4 is 11.7 Å². The number of carbonyl (C=O) groups excluding carboxylic acids is 2. The predicted octanol–water partition coefficient (Wildman–Crippen LogP) is 2.71. The second-order valence-electron chi connectivity index (χ2n) is 7.45. The van der Waals surface area contributed by atoms with Crippen LogP contribution < -0.4 is 20.1 Å². The third-order valence-electron chi connectivity index (χ3n) is 5.43. The average Bonchev–Trinajstić information content (AvgIpc) is 3.02. The molecule has 3 rings (SSSR count). The number of nitrogens with one attached hydrogen (secondary N) is 2. The van der Waals surface area contributed by atoms with Crippen LogP contribution in [0.5, 0.6) is 11.5 Å². The lowest BCUT2D eigenvalue weighted by Crippen LogP contribution is -2.26. The van der Waals surface area contributed by atoms with E-state index in [1.165, 1.54) is 11.1 Å². The van der Waals surface area contributed by atoms with Gasteiger partial charge in [-0.3, -0.25) is 9.59 Å². The van der Waals surface area contributed by atoms with Gasteiger partial charge >= 0.3 is 0 Å². The van der Waals surface area contributed by atoms with Gasteiger partial charge in [0.15, 0.2) is 17.3 Å². The maximum Gasteiger partial charge on any atom is 0.220 e. The zero-order valence-electron chi connectivity index (χ0n) is 17.8. The van der Waals surface area contributed by atoms with Crippen LogP contribution in [0.4, 0.5) is 0 Å². The van der Waals surface area contributed by atoms with Crippen LogP contribution in [0, 0.1) is 0 Å². The van der Waals surface area contributed by atoms with Crippen LogP contribution in [-0.2, 0) is 24.1 Å². The van der Waals surface area contributed by atoms with E-state index in [-0.39, 0.29) is 24.5 Å². The summed E-state index contributed by atoms with van der Waals surface area (Å²) in [7, 11) is 3.20. The summed E-state index contributed by atoms with van der Waals surface area (Å²) < 4.78 is 10.5. The molecule has 2 aromatic rings. The fourth-order valence-corrected chi connectivity index (χ4v) is 3.69. The van der Waals surface area contributed by atoms with Crippen molar-refractivity contribution in [2.24, 2.45) is 0 Å². The number of ketones is 1. The molecule has 0 aromatic heterocycles. The second kappa shape index (κ2) is 10.8. The molecular formula is C24H30N2O4. The minimum absolute atomic E-state index is 0.0186. The number of fused-ring (bicyclic) bond motifs is 1. The maximum absolute atomic E-state index is 12.5. The van der Waals surface area contributed by atoms with Gasteiger partial charge in [0.2, 0.25) is 5.91 Å². The first-order valence-corrected chi connectivity index (χ1v) is 10.4. The summed E-state index contributed by atoms with van der Waals surface area (Å²) in [5.41, 5.74) is 4.30. The van der Waals surface area contributed by atoms with Gasteiger partial charge in [0.05, 0.1) is 14.2 Å². The zero-order chi connectivity index (χ0) is 21.3. The molecule has 0 saturated heterocycles. The van der Waals surface area contributed by atoms with Crippen LogP contribution in [0.3, 0.4) is 0 Å². The van der Waals surface area contributed by atoms with E-state index in [0.717, 1.165) is 31.5 Å². The SMILES string of the molecule is COc1ccc(CCNC(=O)CCC(=O)c2ccc3c(c2)CCNCC3)cc1OC. The van der Waals surface area contributed by atoms with E-state index in [2.05, 4.69) is 16.7 Å². The van der Waals surface area contributed by atoms with Crippen molar-refractivity contribution in [3.8, 4) is 11.5 Å². The molecule has 0 fully saturated rings. The van der Waals surface area contributed by atoms with Gasteiger partial charge in [-0.05, 0) is 67.2 Å². The molecule has 0 unspecified atom stereocenters. The number of hydrogen-bond donors (Lipinski definition) is 2. The highest BCUT2D eigenvalue weighted by molar-refractivity contribution is 5.98. The molecule has 1 aliphatic heterocycles. The Morgan fingerprint density at radius 2 is 1.70 bits per heavy atom. The highest BCUT2D eigenvalue weighted by Gasteiger charge is 2.13. The molecule has 0 spiro atoms. The first-order valence-electron chi connectivity index (χ1n) is 10.4. The molecule has 6 heteroatoms. The number of hydrogen-bond acceptors (Lipinski definition) is 5. The molecule has 0 bridgehead atoms. The van der Waals surface area contributed by atoms with Crippen molar-refractivity contribution in [3.05, 3.63) is 58.7 Å². The van der Waals surface area contributed by atoms with Crippen LogP contribution in [0.15, 0.2) is 36.4 Å². The molecule has 0 saturated carbocycles. The van der Waals surface area contributed by atoms with Gasteiger partial charge in [-0.15, -0.1) is 0 Å². The summed E-state index contributed by atoms with van der Waals surface area (Å²) in [6.07, 6.45) is 3.03. The number of ether oxygens (including phenoxy) is 2. The van der Waals surface area contributed by atoms with Crippen molar-refractivity contribution in [2.75, 3.05) is 33.9 Å². The molecule has 160 valence electrons. The molecule has 30 heavy (non-hydrogen) atoms. The molecule has 2 aromatic carbocycles. The van der Waals surface area contributed by atoms with Gasteiger partial charge in [0.25, 0.3) is 0 Å². The lowest BCUT2D eigenvalue weighted by molar-refractivity contribution is -0.121. The van der Waals surface area contributed by atoms with Crippen molar-refractivity contribution in [2.45, 2.75) is 32.1 Å². The number of Topliss-reactive ketones (excluding diaryl/α,β-unsaturated/α-hetero) is 1. The van der Waals surface area contributed by atoms with Gasteiger partial charge < -0.3 is 20.1 Å². The predicted molar refractivity (Wildman–Crippen MR) is 117 cm³/mol. The Hall–Kier alpha value is -2.86. The lowest BCUT2D eigenvalue weighted by Gasteiger charge is -2.10. The summed E-state index contributed by atoms with van der Waals surface area (Å²) in [6, 6.07) is 11.7. The topological polar surface area (TPSA) is 76.7 Å². The zero-order valence-corrected chi connectivity index (χ0v) is 17.8. The van der Waals surface area contributed by atoms with E-state index in [0.29, 0.717) is 30.0 Å². The average molecular weight is 411 g/mol. The quantitative estimate of drug-likeness (QED) is 0.622. The van der Waals surface area contributed by atoms with Crippen LogP contribution in [0.1, 0.15) is 39.9 Å². The lowest BCUT2D eigenvalue weighted by atomic mass is 9.97. The Balaban J connectivity index is 1.44. The summed E-state index contributed by atoms with van der Waals surface area (Å²) in [4.78, 5) is 24.7. The first kappa shape index (κ1) is 21.8. The van der Waals surface area contributed by atoms with Crippen LogP contribution in [-0.4, -0.2) is 45.5 Å². The third kappa shape index (κ3) is 5.83. The summed E-state index contributed by atoms with van der Waals surface area (Å²) >= 11 is 0. The molecule has 0 aliphatic carbocycles. The van der Waals surface area contributed by atoms with E-state index in [1.807, 2.05) is 30.3 Å². The minimum atomic E-state index is -0.109. The van der Waals surface area contributed by atoms with Crippen LogP contribution in [0.2, 0.25) is 0 Å². The molecule has 1 amide bonds. The number of rotatable bonds is 9. The van der Waals surface area contributed by atoms with Gasteiger partial charge in [0, 0.05) is 24.9 Å². The monoisotopic (exact) mass is 410 g/mol. The Morgan fingerprint density at radius 1 is 0.933 bits per heavy atom. The fourth-order valence-electron chi connectivity index (χ4n) is 3.69. The largest absolute Gasteiger partial charge is 0.493 e. The highest BCUT2D eigenvalue weighted by atomic mass is 16.5. The van der Waals surface area contributed by atoms with Gasteiger partial charge in [-0.25, -0.2) is 0 Å². The van der Waals surface area contributed by atoms with Crippen molar-refractivity contribution < 1.29 is 19.1 Å². The van der Waals surface area contributed by atoms with Crippen molar-refractivity contribution in [3.63, 3.8) is 0 Å². The van der Waals surface area contributed by atoms with Crippen LogP contribution in [0.25, 0.3) is 0 Å². The Bertz CT molecular complexity index is 895. The Labute approximate surface area is 178 Å². The summed E-state index contributed by atoms with van der Waals surface area (Å²) in [5, 5.41) is 6.27. The summed E-state index contributed by atoms with van der Waals surface area (Å²) in [5.74, 6) is 1.26. The second-order valence-corrected chi connectivity index (χ2v) is 7.45. The van der Waals surface area contributed by atoms with E-state index < -0.39 is 0 Å². The van der Waals surface area contributed by atoms with E-state index in [9.17, 15) is 9.59 Å². The molecule has 2 N–H and O–H groups in total. The van der Waals surface area contributed by atoms with Crippen molar-refractivity contribution in [1.29, 1.82) is 0 Å². The highest BCUT2D eigenvalue weighted by Crippen LogP contribution is 2.27. The first-order chi connectivity index (χ1) is 14.6. The van der Waals surface area contributed by atoms with Gasteiger partial charge in [0.1, 0.15) is 0 Å². The van der Waals surface area contributed by atoms with Gasteiger partial charge in [-0.1, -0.05) is 18.2 Å². The number of amides is 1. The molecule has 1 aliphatic rings.